The van der Waals surface area contributed by atoms with Crippen LogP contribution in [0.1, 0.15) is 18.9 Å². The van der Waals surface area contributed by atoms with Crippen molar-refractivity contribution in [1.29, 1.82) is 0 Å². The van der Waals surface area contributed by atoms with Crippen LogP contribution >= 0.6 is 27.3 Å². The molecule has 1 aromatic rings. The Balaban J connectivity index is 1.80. The highest BCUT2D eigenvalue weighted by molar-refractivity contribution is 9.11. The van der Waals surface area contributed by atoms with Gasteiger partial charge in [-0.2, -0.15) is 0 Å². The van der Waals surface area contributed by atoms with Crippen molar-refractivity contribution >= 4 is 27.3 Å². The van der Waals surface area contributed by atoms with Crippen LogP contribution in [0.15, 0.2) is 15.2 Å². The predicted molar refractivity (Wildman–Crippen MR) is 73.9 cm³/mol. The van der Waals surface area contributed by atoms with Gasteiger partial charge < -0.3 is 10.2 Å². The van der Waals surface area contributed by atoms with Crippen molar-refractivity contribution in [3.63, 3.8) is 0 Å². The van der Waals surface area contributed by atoms with Gasteiger partial charge in [-0.15, -0.1) is 11.3 Å². The molecule has 1 aliphatic rings. The number of nitrogens with one attached hydrogen (secondary N) is 1. The number of halogens is 1. The summed E-state index contributed by atoms with van der Waals surface area (Å²) in [6, 6.07) is 2.91. The zero-order valence-corrected chi connectivity index (χ0v) is 12.3. The maximum atomic E-state index is 3.60. The molecule has 1 saturated heterocycles. The summed E-state index contributed by atoms with van der Waals surface area (Å²) in [4.78, 5) is 2.43. The van der Waals surface area contributed by atoms with E-state index < -0.39 is 0 Å². The molecule has 0 amide bonds. The van der Waals surface area contributed by atoms with Crippen LogP contribution in [0.5, 0.6) is 0 Å². The first-order chi connectivity index (χ1) is 7.65. The van der Waals surface area contributed by atoms with Gasteiger partial charge >= 0.3 is 0 Å². The molecule has 4 heteroatoms. The first-order valence-electron chi connectivity index (χ1n) is 5.79. The third kappa shape index (κ3) is 3.29. The molecule has 90 valence electrons. The van der Waals surface area contributed by atoms with E-state index in [1.54, 1.807) is 11.3 Å². The molecule has 1 aliphatic heterocycles. The van der Waals surface area contributed by atoms with Gasteiger partial charge in [-0.3, -0.25) is 0 Å². The number of rotatable bonds is 4. The molecular weight excluding hydrogens is 284 g/mol. The van der Waals surface area contributed by atoms with Crippen LogP contribution < -0.4 is 5.32 Å². The lowest BCUT2D eigenvalue weighted by atomic mass is 10.1. The summed E-state index contributed by atoms with van der Waals surface area (Å²) in [6.07, 6.45) is 1.31. The molecule has 2 unspecified atom stereocenters. The molecule has 0 aromatic carbocycles. The molecule has 16 heavy (non-hydrogen) atoms. The van der Waals surface area contributed by atoms with Gasteiger partial charge in [-0.1, -0.05) is 0 Å². The molecule has 1 N–H and O–H groups in total. The average molecular weight is 303 g/mol. The molecule has 2 heterocycles. The third-order valence-electron chi connectivity index (χ3n) is 3.15. The second-order valence-electron chi connectivity index (χ2n) is 4.83. The maximum Gasteiger partial charge on any atom is 0.0743 e. The summed E-state index contributed by atoms with van der Waals surface area (Å²) in [6.45, 7) is 5.69. The van der Waals surface area contributed by atoms with Crippen LogP contribution in [0.2, 0.25) is 0 Å². The van der Waals surface area contributed by atoms with Crippen molar-refractivity contribution in [2.45, 2.75) is 25.9 Å². The van der Waals surface area contributed by atoms with Crippen LogP contribution in [-0.4, -0.2) is 31.1 Å². The molecule has 1 fully saturated rings. The molecule has 0 radical (unpaired) electrons. The Kier molecular flexibility index (Phi) is 4.41. The number of hydrogen-bond acceptors (Lipinski definition) is 3. The van der Waals surface area contributed by atoms with E-state index in [4.69, 9.17) is 0 Å². The summed E-state index contributed by atoms with van der Waals surface area (Å²) in [5, 5.41) is 5.66. The van der Waals surface area contributed by atoms with E-state index in [0.717, 1.165) is 12.5 Å². The Labute approximate surface area is 110 Å². The van der Waals surface area contributed by atoms with E-state index in [9.17, 15) is 0 Å². The van der Waals surface area contributed by atoms with E-state index in [1.807, 2.05) is 0 Å². The minimum Gasteiger partial charge on any atom is -0.314 e. The second-order valence-corrected chi connectivity index (χ2v) is 7.06. The molecule has 2 nitrogen and oxygen atoms in total. The molecular formula is C12H19BrN2S. The van der Waals surface area contributed by atoms with Crippen molar-refractivity contribution in [2.75, 3.05) is 20.1 Å². The number of thiophene rings is 1. The first kappa shape index (κ1) is 12.6. The maximum absolute atomic E-state index is 3.60. The highest BCUT2D eigenvalue weighted by Gasteiger charge is 2.21. The van der Waals surface area contributed by atoms with Gasteiger partial charge in [0.2, 0.25) is 0 Å². The van der Waals surface area contributed by atoms with Crippen LogP contribution in [0.4, 0.5) is 0 Å². The molecule has 0 bridgehead atoms. The lowest BCUT2D eigenvalue weighted by Gasteiger charge is -2.20. The van der Waals surface area contributed by atoms with Crippen LogP contribution in [0, 0.1) is 5.92 Å². The Morgan fingerprint density at radius 2 is 2.44 bits per heavy atom. The van der Waals surface area contributed by atoms with Gasteiger partial charge in [0.1, 0.15) is 0 Å². The normalized spacial score (nSPS) is 25.5. The fourth-order valence-corrected chi connectivity index (χ4v) is 3.62. The zero-order valence-electron chi connectivity index (χ0n) is 9.87. The van der Waals surface area contributed by atoms with Gasteiger partial charge in [0, 0.05) is 19.1 Å². The molecule has 2 atom stereocenters. The quantitative estimate of drug-likeness (QED) is 0.920. The van der Waals surface area contributed by atoms with Crippen molar-refractivity contribution < 1.29 is 0 Å². The predicted octanol–water partition coefficient (Wildman–Crippen LogP) is 2.94. The summed E-state index contributed by atoms with van der Waals surface area (Å²) in [7, 11) is 2.22. The third-order valence-corrected chi connectivity index (χ3v) is 4.96. The van der Waals surface area contributed by atoms with E-state index >= 15 is 0 Å². The summed E-state index contributed by atoms with van der Waals surface area (Å²) in [5.41, 5.74) is 1.41. The Morgan fingerprint density at radius 1 is 1.62 bits per heavy atom. The molecule has 0 aliphatic carbocycles. The van der Waals surface area contributed by atoms with Crippen molar-refractivity contribution in [1.82, 2.24) is 10.2 Å². The van der Waals surface area contributed by atoms with Gasteiger partial charge in [0.15, 0.2) is 0 Å². The van der Waals surface area contributed by atoms with Crippen LogP contribution in [0.25, 0.3) is 0 Å². The number of hydrogen-bond donors (Lipinski definition) is 1. The average Bonchev–Trinajstić information content (AvgIpc) is 2.77. The first-order valence-corrected chi connectivity index (χ1v) is 7.46. The van der Waals surface area contributed by atoms with E-state index in [0.29, 0.717) is 6.04 Å². The standard InChI is InChI=1S/C12H19BrN2S/c1-9-5-10(6-14-9)7-15(2)8-11-3-4-16-12(11)13/h3-4,9-10,14H,5-8H2,1-2H3. The van der Waals surface area contributed by atoms with Gasteiger partial charge in [0.25, 0.3) is 0 Å². The van der Waals surface area contributed by atoms with Crippen LogP contribution in [0.3, 0.4) is 0 Å². The highest BCUT2D eigenvalue weighted by Crippen LogP contribution is 2.25. The van der Waals surface area contributed by atoms with Gasteiger partial charge in [-0.25, -0.2) is 0 Å². The Morgan fingerprint density at radius 3 is 3.00 bits per heavy atom. The van der Waals surface area contributed by atoms with Crippen molar-refractivity contribution in [2.24, 2.45) is 5.92 Å². The number of nitrogens with zero attached hydrogens (tertiary/aromatic N) is 1. The zero-order chi connectivity index (χ0) is 11.5. The fraction of sp³-hybridized carbons (Fsp3) is 0.667. The Bertz CT molecular complexity index is 340. The fourth-order valence-electron chi connectivity index (χ4n) is 2.40. The second kappa shape index (κ2) is 5.63. The smallest absolute Gasteiger partial charge is 0.0743 e. The summed E-state index contributed by atoms with van der Waals surface area (Å²) in [5.74, 6) is 0.817. The minimum absolute atomic E-state index is 0.700. The molecule has 0 saturated carbocycles. The van der Waals surface area contributed by atoms with E-state index in [1.165, 1.54) is 28.9 Å². The molecule has 1 aromatic heterocycles. The van der Waals surface area contributed by atoms with Crippen molar-refractivity contribution in [3.8, 4) is 0 Å². The summed E-state index contributed by atoms with van der Waals surface area (Å²) >= 11 is 5.36. The van der Waals surface area contributed by atoms with E-state index in [2.05, 4.69) is 51.6 Å². The topological polar surface area (TPSA) is 15.3 Å². The van der Waals surface area contributed by atoms with E-state index in [-0.39, 0.29) is 0 Å². The van der Waals surface area contributed by atoms with Gasteiger partial charge in [0.05, 0.1) is 3.79 Å². The van der Waals surface area contributed by atoms with Gasteiger partial charge in [-0.05, 0) is 65.8 Å². The molecule has 2 rings (SSSR count). The lowest BCUT2D eigenvalue weighted by Crippen LogP contribution is -2.26. The SMILES string of the molecule is CC1CC(CN(C)Cc2ccsc2Br)CN1. The Hall–Kier alpha value is 0.1000. The summed E-state index contributed by atoms with van der Waals surface area (Å²) < 4.78 is 1.28. The van der Waals surface area contributed by atoms with Crippen LogP contribution in [-0.2, 0) is 6.54 Å². The minimum atomic E-state index is 0.700. The van der Waals surface area contributed by atoms with Crippen molar-refractivity contribution in [3.05, 3.63) is 20.8 Å². The lowest BCUT2D eigenvalue weighted by molar-refractivity contribution is 0.277. The largest absolute Gasteiger partial charge is 0.314 e. The molecule has 0 spiro atoms. The highest BCUT2D eigenvalue weighted by atomic mass is 79.9. The monoisotopic (exact) mass is 302 g/mol.